The molecule has 1 aromatic rings. The van der Waals surface area contributed by atoms with Crippen LogP contribution in [-0.2, 0) is 12.8 Å². The van der Waals surface area contributed by atoms with Crippen LogP contribution >= 0.6 is 23.2 Å². The fourth-order valence-corrected chi connectivity index (χ4v) is 2.62. The molecule has 1 heterocycles. The van der Waals surface area contributed by atoms with E-state index in [-0.39, 0.29) is 10.8 Å². The minimum absolute atomic E-state index is 0.129. The van der Waals surface area contributed by atoms with E-state index in [0.717, 1.165) is 36.6 Å². The van der Waals surface area contributed by atoms with Crippen molar-refractivity contribution in [1.29, 1.82) is 0 Å². The Bertz CT molecular complexity index is 435. The Hall–Kier alpha value is -0.400. The molecule has 0 fully saturated rings. The summed E-state index contributed by atoms with van der Waals surface area (Å²) in [5.41, 5.74) is 2.56. The van der Waals surface area contributed by atoms with Crippen molar-refractivity contribution in [2.75, 3.05) is 6.61 Å². The van der Waals surface area contributed by atoms with E-state index in [4.69, 9.17) is 27.9 Å². The minimum Gasteiger partial charge on any atom is -0.493 e. The van der Waals surface area contributed by atoms with Crippen molar-refractivity contribution in [2.45, 2.75) is 45.4 Å². The zero-order chi connectivity index (χ0) is 13.3. The highest BCUT2D eigenvalue weighted by molar-refractivity contribution is 6.30. The zero-order valence-electron chi connectivity index (χ0n) is 11.2. The summed E-state index contributed by atoms with van der Waals surface area (Å²) >= 11 is 12.6. The number of hydrogen-bond donors (Lipinski definition) is 0. The minimum atomic E-state index is 0.129. The van der Waals surface area contributed by atoms with Gasteiger partial charge in [0.1, 0.15) is 5.75 Å². The number of ether oxygens (including phenoxy) is 1. The second-order valence-corrected chi connectivity index (χ2v) is 6.99. The Morgan fingerprint density at radius 1 is 1.33 bits per heavy atom. The highest BCUT2D eigenvalue weighted by Crippen LogP contribution is 2.35. The number of alkyl halides is 1. The summed E-state index contributed by atoms with van der Waals surface area (Å²) in [7, 11) is 0. The van der Waals surface area contributed by atoms with Gasteiger partial charge in [-0.2, -0.15) is 0 Å². The van der Waals surface area contributed by atoms with Crippen LogP contribution in [0.2, 0.25) is 5.02 Å². The van der Waals surface area contributed by atoms with Crippen LogP contribution in [0.1, 0.15) is 38.3 Å². The van der Waals surface area contributed by atoms with Crippen LogP contribution in [-0.4, -0.2) is 12.0 Å². The maximum absolute atomic E-state index is 6.42. The first-order valence-corrected chi connectivity index (χ1v) is 7.27. The molecule has 0 amide bonds. The topological polar surface area (TPSA) is 9.23 Å². The van der Waals surface area contributed by atoms with Gasteiger partial charge in [-0.15, -0.1) is 11.6 Å². The standard InChI is InChI=1S/C15H20Cl2O/c1-15(2,3)13(17)5-4-10-8-12(16)9-11-6-7-18-14(10)11/h8-9,13H,4-7H2,1-3H3. The molecular weight excluding hydrogens is 267 g/mol. The van der Waals surface area contributed by atoms with Gasteiger partial charge in [-0.05, 0) is 41.5 Å². The molecular formula is C15H20Cl2O. The number of rotatable bonds is 3. The summed E-state index contributed by atoms with van der Waals surface area (Å²) in [4.78, 5) is 0. The summed E-state index contributed by atoms with van der Waals surface area (Å²) in [5.74, 6) is 1.04. The van der Waals surface area contributed by atoms with E-state index in [1.807, 2.05) is 12.1 Å². The van der Waals surface area contributed by atoms with Crippen molar-refractivity contribution in [2.24, 2.45) is 5.41 Å². The molecule has 0 spiro atoms. The maximum atomic E-state index is 6.42. The number of fused-ring (bicyclic) bond motifs is 1. The molecule has 1 nitrogen and oxygen atoms in total. The average Bonchev–Trinajstić information content (AvgIpc) is 2.71. The third kappa shape index (κ3) is 3.13. The highest BCUT2D eigenvalue weighted by atomic mass is 35.5. The SMILES string of the molecule is CC(C)(C)C(Cl)CCc1cc(Cl)cc2c1OCC2. The molecule has 0 N–H and O–H groups in total. The second-order valence-electron chi connectivity index (χ2n) is 6.02. The van der Waals surface area contributed by atoms with E-state index in [1.165, 1.54) is 11.1 Å². The molecule has 0 saturated carbocycles. The van der Waals surface area contributed by atoms with Gasteiger partial charge in [-0.3, -0.25) is 0 Å². The summed E-state index contributed by atoms with van der Waals surface area (Å²) < 4.78 is 5.70. The van der Waals surface area contributed by atoms with E-state index in [0.29, 0.717) is 0 Å². The van der Waals surface area contributed by atoms with Crippen molar-refractivity contribution in [1.82, 2.24) is 0 Å². The first-order valence-electron chi connectivity index (χ1n) is 6.46. The first kappa shape index (κ1) is 14.0. The Kier molecular flexibility index (Phi) is 4.13. The molecule has 18 heavy (non-hydrogen) atoms. The molecule has 0 saturated heterocycles. The van der Waals surface area contributed by atoms with Gasteiger partial charge in [0.15, 0.2) is 0 Å². The molecule has 1 aliphatic heterocycles. The Morgan fingerprint density at radius 3 is 2.72 bits per heavy atom. The zero-order valence-corrected chi connectivity index (χ0v) is 12.7. The monoisotopic (exact) mass is 286 g/mol. The lowest BCUT2D eigenvalue weighted by Crippen LogP contribution is -2.21. The molecule has 2 rings (SSSR count). The molecule has 1 unspecified atom stereocenters. The van der Waals surface area contributed by atoms with E-state index in [9.17, 15) is 0 Å². The van der Waals surface area contributed by atoms with Crippen LogP contribution < -0.4 is 4.74 Å². The molecule has 1 aliphatic rings. The summed E-state index contributed by atoms with van der Waals surface area (Å²) in [6.45, 7) is 7.28. The number of benzene rings is 1. The van der Waals surface area contributed by atoms with E-state index in [1.54, 1.807) is 0 Å². The molecule has 0 bridgehead atoms. The Morgan fingerprint density at radius 2 is 2.06 bits per heavy atom. The van der Waals surface area contributed by atoms with Gasteiger partial charge in [0, 0.05) is 16.8 Å². The van der Waals surface area contributed by atoms with E-state index in [2.05, 4.69) is 20.8 Å². The van der Waals surface area contributed by atoms with Gasteiger partial charge in [0.2, 0.25) is 0 Å². The van der Waals surface area contributed by atoms with Crippen LogP contribution in [0.15, 0.2) is 12.1 Å². The molecule has 1 aromatic carbocycles. The van der Waals surface area contributed by atoms with Gasteiger partial charge in [-0.1, -0.05) is 32.4 Å². The van der Waals surface area contributed by atoms with E-state index < -0.39 is 0 Å². The van der Waals surface area contributed by atoms with Gasteiger partial charge >= 0.3 is 0 Å². The van der Waals surface area contributed by atoms with Crippen molar-refractivity contribution >= 4 is 23.2 Å². The lowest BCUT2D eigenvalue weighted by atomic mass is 9.88. The van der Waals surface area contributed by atoms with Crippen molar-refractivity contribution < 1.29 is 4.74 Å². The number of aryl methyl sites for hydroxylation is 1. The molecule has 0 radical (unpaired) electrons. The Balaban J connectivity index is 2.11. The normalized spacial score (nSPS) is 16.3. The largest absolute Gasteiger partial charge is 0.493 e. The third-order valence-corrected chi connectivity index (χ3v) is 4.52. The third-order valence-electron chi connectivity index (χ3n) is 3.43. The van der Waals surface area contributed by atoms with Crippen LogP contribution in [0.3, 0.4) is 0 Å². The van der Waals surface area contributed by atoms with Crippen LogP contribution in [0.5, 0.6) is 5.75 Å². The molecule has 3 heteroatoms. The smallest absolute Gasteiger partial charge is 0.125 e. The van der Waals surface area contributed by atoms with Gasteiger partial charge in [-0.25, -0.2) is 0 Å². The second kappa shape index (κ2) is 5.30. The molecule has 1 atom stereocenters. The van der Waals surface area contributed by atoms with Crippen molar-refractivity contribution in [3.05, 3.63) is 28.3 Å². The number of hydrogen-bond acceptors (Lipinski definition) is 1. The van der Waals surface area contributed by atoms with Gasteiger partial charge < -0.3 is 4.74 Å². The fraction of sp³-hybridized carbons (Fsp3) is 0.600. The fourth-order valence-electron chi connectivity index (χ4n) is 2.25. The highest BCUT2D eigenvalue weighted by Gasteiger charge is 2.23. The average molecular weight is 287 g/mol. The van der Waals surface area contributed by atoms with Crippen LogP contribution in [0.4, 0.5) is 0 Å². The summed E-state index contributed by atoms with van der Waals surface area (Å²) in [5, 5.41) is 0.963. The molecule has 100 valence electrons. The van der Waals surface area contributed by atoms with Gasteiger partial charge in [0.05, 0.1) is 6.61 Å². The Labute approximate surface area is 119 Å². The molecule has 0 aromatic heterocycles. The number of halogens is 2. The predicted octanol–water partition coefficient (Wildman–Crippen LogP) is 4.86. The van der Waals surface area contributed by atoms with Crippen molar-refractivity contribution in [3.63, 3.8) is 0 Å². The molecule has 0 aliphatic carbocycles. The van der Waals surface area contributed by atoms with Crippen LogP contribution in [0.25, 0.3) is 0 Å². The van der Waals surface area contributed by atoms with E-state index >= 15 is 0 Å². The maximum Gasteiger partial charge on any atom is 0.125 e. The lowest BCUT2D eigenvalue weighted by molar-refractivity contribution is 0.349. The van der Waals surface area contributed by atoms with Crippen LogP contribution in [0, 0.1) is 5.41 Å². The quantitative estimate of drug-likeness (QED) is 0.721. The summed E-state index contributed by atoms with van der Waals surface area (Å²) in [6.07, 6.45) is 2.84. The lowest BCUT2D eigenvalue weighted by Gasteiger charge is -2.25. The summed E-state index contributed by atoms with van der Waals surface area (Å²) in [6, 6.07) is 4.02. The van der Waals surface area contributed by atoms with Gasteiger partial charge in [0.25, 0.3) is 0 Å². The first-order chi connectivity index (χ1) is 8.38. The van der Waals surface area contributed by atoms with Crippen molar-refractivity contribution in [3.8, 4) is 5.75 Å². The predicted molar refractivity (Wildman–Crippen MR) is 78.1 cm³/mol.